The Bertz CT molecular complexity index is 922. The van der Waals surface area contributed by atoms with Gasteiger partial charge in [-0.15, -0.1) is 11.3 Å². The van der Waals surface area contributed by atoms with Crippen LogP contribution in [0.1, 0.15) is 17.7 Å². The molecule has 0 bridgehead atoms. The van der Waals surface area contributed by atoms with Gasteiger partial charge >= 0.3 is 5.69 Å². The fourth-order valence-corrected chi connectivity index (χ4v) is 3.47. The molecule has 1 aliphatic carbocycles. The zero-order valence-corrected chi connectivity index (χ0v) is 14.0. The van der Waals surface area contributed by atoms with Gasteiger partial charge in [0.05, 0.1) is 12.1 Å². The standard InChI is InChI=1S/C17H18N4O2S/c22-15(19-9-12-5-6-12)11-20-14-4-1-7-18-16(14)21(17(20)23)10-13-3-2-8-24-13/h1-4,7-8,12H,5-6,9-11H2,(H,19,22). The van der Waals surface area contributed by atoms with E-state index in [-0.39, 0.29) is 18.1 Å². The number of hydrogen-bond acceptors (Lipinski definition) is 4. The second kappa shape index (κ2) is 6.24. The minimum absolute atomic E-state index is 0.0329. The van der Waals surface area contributed by atoms with Crippen LogP contribution in [0.5, 0.6) is 0 Å². The molecule has 6 nitrogen and oxygen atoms in total. The Morgan fingerprint density at radius 1 is 1.29 bits per heavy atom. The summed E-state index contributed by atoms with van der Waals surface area (Å²) in [5.74, 6) is 0.496. The second-order valence-corrected chi connectivity index (χ2v) is 7.16. The quantitative estimate of drug-likeness (QED) is 0.743. The Morgan fingerprint density at radius 2 is 2.17 bits per heavy atom. The molecule has 0 atom stereocenters. The number of pyridine rings is 1. The smallest absolute Gasteiger partial charge is 0.331 e. The number of nitrogens with one attached hydrogen (secondary N) is 1. The lowest BCUT2D eigenvalue weighted by atomic mass is 10.4. The summed E-state index contributed by atoms with van der Waals surface area (Å²) in [4.78, 5) is 30.4. The van der Waals surface area contributed by atoms with Gasteiger partial charge in [-0.2, -0.15) is 0 Å². The van der Waals surface area contributed by atoms with Gasteiger partial charge in [0.1, 0.15) is 6.54 Å². The van der Waals surface area contributed by atoms with Gasteiger partial charge in [0.2, 0.25) is 5.91 Å². The van der Waals surface area contributed by atoms with E-state index in [0.717, 1.165) is 4.88 Å². The minimum atomic E-state index is -0.196. The third-order valence-electron chi connectivity index (χ3n) is 4.25. The van der Waals surface area contributed by atoms with Gasteiger partial charge in [0, 0.05) is 17.6 Å². The van der Waals surface area contributed by atoms with Crippen molar-refractivity contribution in [3.63, 3.8) is 0 Å². The van der Waals surface area contributed by atoms with E-state index in [0.29, 0.717) is 30.2 Å². The van der Waals surface area contributed by atoms with E-state index in [4.69, 9.17) is 0 Å². The van der Waals surface area contributed by atoms with Gasteiger partial charge in [-0.1, -0.05) is 6.07 Å². The zero-order chi connectivity index (χ0) is 16.5. The highest BCUT2D eigenvalue weighted by Crippen LogP contribution is 2.27. The molecule has 7 heteroatoms. The largest absolute Gasteiger partial charge is 0.354 e. The van der Waals surface area contributed by atoms with Crippen molar-refractivity contribution < 1.29 is 4.79 Å². The summed E-state index contributed by atoms with van der Waals surface area (Å²) in [5, 5.41) is 4.90. The van der Waals surface area contributed by atoms with Crippen LogP contribution in [0.2, 0.25) is 0 Å². The van der Waals surface area contributed by atoms with E-state index in [1.807, 2.05) is 23.6 Å². The zero-order valence-electron chi connectivity index (χ0n) is 13.1. The molecule has 0 unspecified atom stereocenters. The molecule has 0 aromatic carbocycles. The number of imidazole rings is 1. The first kappa shape index (κ1) is 15.1. The maximum atomic E-state index is 12.8. The molecule has 3 aromatic rings. The Hall–Kier alpha value is -2.41. The molecule has 0 spiro atoms. The van der Waals surface area contributed by atoms with Crippen molar-refractivity contribution in [2.24, 2.45) is 5.92 Å². The topological polar surface area (TPSA) is 68.9 Å². The van der Waals surface area contributed by atoms with Crippen LogP contribution < -0.4 is 11.0 Å². The van der Waals surface area contributed by atoms with Crippen molar-refractivity contribution in [2.45, 2.75) is 25.9 Å². The predicted molar refractivity (Wildman–Crippen MR) is 93.1 cm³/mol. The lowest BCUT2D eigenvalue weighted by Crippen LogP contribution is -2.34. The molecule has 4 rings (SSSR count). The number of amides is 1. The van der Waals surface area contributed by atoms with Crippen molar-refractivity contribution >= 4 is 28.4 Å². The monoisotopic (exact) mass is 342 g/mol. The average molecular weight is 342 g/mol. The molecule has 3 aromatic heterocycles. The number of thiophene rings is 1. The summed E-state index contributed by atoms with van der Waals surface area (Å²) in [7, 11) is 0. The van der Waals surface area contributed by atoms with Crippen LogP contribution in [0.4, 0.5) is 0 Å². The van der Waals surface area contributed by atoms with Gasteiger partial charge in [-0.3, -0.25) is 13.9 Å². The number of aromatic nitrogens is 3. The van der Waals surface area contributed by atoms with Crippen LogP contribution >= 0.6 is 11.3 Å². The summed E-state index contributed by atoms with van der Waals surface area (Å²) < 4.78 is 3.15. The SMILES string of the molecule is O=C(Cn1c(=O)n(Cc2cccs2)c2ncccc21)NCC1CC1. The summed E-state index contributed by atoms with van der Waals surface area (Å²) in [6, 6.07) is 7.58. The van der Waals surface area contributed by atoms with Crippen molar-refractivity contribution in [3.8, 4) is 0 Å². The number of fused-ring (bicyclic) bond motifs is 1. The van der Waals surface area contributed by atoms with Gasteiger partial charge in [-0.05, 0) is 42.3 Å². The Balaban J connectivity index is 1.65. The maximum Gasteiger partial charge on any atom is 0.331 e. The lowest BCUT2D eigenvalue weighted by molar-refractivity contribution is -0.121. The fourth-order valence-electron chi connectivity index (χ4n) is 2.78. The highest BCUT2D eigenvalue weighted by molar-refractivity contribution is 7.09. The molecular weight excluding hydrogens is 324 g/mol. The first-order valence-corrected chi connectivity index (χ1v) is 8.93. The van der Waals surface area contributed by atoms with Crippen LogP contribution in [0.15, 0.2) is 40.6 Å². The van der Waals surface area contributed by atoms with E-state index < -0.39 is 0 Å². The molecule has 1 N–H and O–H groups in total. The van der Waals surface area contributed by atoms with E-state index in [9.17, 15) is 9.59 Å². The van der Waals surface area contributed by atoms with E-state index in [2.05, 4.69) is 10.3 Å². The van der Waals surface area contributed by atoms with Gasteiger partial charge in [0.25, 0.3) is 0 Å². The summed E-state index contributed by atoms with van der Waals surface area (Å²) in [6.07, 6.45) is 4.04. The molecule has 1 amide bonds. The molecule has 0 radical (unpaired) electrons. The Labute approximate surface area is 142 Å². The molecule has 0 saturated heterocycles. The normalized spacial score (nSPS) is 14.2. The fraction of sp³-hybridized carbons (Fsp3) is 0.353. The molecular formula is C17H18N4O2S. The summed E-state index contributed by atoms with van der Waals surface area (Å²) in [6.45, 7) is 1.21. The highest BCUT2D eigenvalue weighted by atomic mass is 32.1. The highest BCUT2D eigenvalue weighted by Gasteiger charge is 2.22. The third-order valence-corrected chi connectivity index (χ3v) is 5.12. The molecule has 124 valence electrons. The van der Waals surface area contributed by atoms with Gasteiger partial charge in [-0.25, -0.2) is 9.78 Å². The maximum absolute atomic E-state index is 12.8. The van der Waals surface area contributed by atoms with Crippen molar-refractivity contribution in [1.82, 2.24) is 19.4 Å². The van der Waals surface area contributed by atoms with Crippen LogP contribution in [0, 0.1) is 5.92 Å². The van der Waals surface area contributed by atoms with Crippen molar-refractivity contribution in [3.05, 3.63) is 51.2 Å². The van der Waals surface area contributed by atoms with Gasteiger partial charge < -0.3 is 5.32 Å². The summed E-state index contributed by atoms with van der Waals surface area (Å²) in [5.41, 5.74) is 1.12. The van der Waals surface area contributed by atoms with Crippen LogP contribution in [-0.2, 0) is 17.9 Å². The third kappa shape index (κ3) is 2.99. The molecule has 0 aliphatic heterocycles. The van der Waals surface area contributed by atoms with Crippen molar-refractivity contribution in [2.75, 3.05) is 6.54 Å². The molecule has 1 fully saturated rings. The number of hydrogen-bond donors (Lipinski definition) is 1. The Kier molecular flexibility index (Phi) is 3.93. The van der Waals surface area contributed by atoms with E-state index >= 15 is 0 Å². The Morgan fingerprint density at radius 3 is 2.92 bits per heavy atom. The van der Waals surface area contributed by atoms with Crippen molar-refractivity contribution in [1.29, 1.82) is 0 Å². The molecule has 1 saturated carbocycles. The first-order valence-electron chi connectivity index (χ1n) is 8.05. The van der Waals surface area contributed by atoms with Crippen LogP contribution in [0.25, 0.3) is 11.2 Å². The predicted octanol–water partition coefficient (Wildman–Crippen LogP) is 1.83. The molecule has 1 aliphatic rings. The average Bonchev–Trinajstić information content (AvgIpc) is 3.22. The first-order chi connectivity index (χ1) is 11.7. The number of nitrogens with zero attached hydrogens (tertiary/aromatic N) is 3. The van der Waals surface area contributed by atoms with E-state index in [1.54, 1.807) is 28.2 Å². The second-order valence-electron chi connectivity index (χ2n) is 6.13. The summed E-state index contributed by atoms with van der Waals surface area (Å²) >= 11 is 1.60. The van der Waals surface area contributed by atoms with Gasteiger partial charge in [0.15, 0.2) is 5.65 Å². The number of carbonyl (C=O) groups is 1. The molecule has 24 heavy (non-hydrogen) atoms. The minimum Gasteiger partial charge on any atom is -0.354 e. The van der Waals surface area contributed by atoms with E-state index in [1.165, 1.54) is 17.4 Å². The lowest BCUT2D eigenvalue weighted by Gasteiger charge is -2.05. The van der Waals surface area contributed by atoms with Crippen LogP contribution in [0.3, 0.4) is 0 Å². The van der Waals surface area contributed by atoms with Crippen LogP contribution in [-0.4, -0.2) is 26.6 Å². The number of rotatable bonds is 6. The molecule has 3 heterocycles. The number of carbonyl (C=O) groups excluding carboxylic acids is 1.